The number of hydrogen-bond acceptors (Lipinski definition) is 4. The number of primary amides is 1. The topological polar surface area (TPSA) is 85.9 Å². The van der Waals surface area contributed by atoms with Crippen molar-refractivity contribution in [2.45, 2.75) is 6.54 Å². The minimum atomic E-state index is -0.800. The first kappa shape index (κ1) is 12.3. The highest BCUT2D eigenvalue weighted by Gasteiger charge is 2.08. The number of ether oxygens (including phenoxy) is 1. The SMILES string of the molecule is NC(=O)OCCn1c(-c2ccccc2)n[nH]c1=S. The zero-order valence-corrected chi connectivity index (χ0v) is 10.3. The van der Waals surface area contributed by atoms with Gasteiger partial charge in [-0.1, -0.05) is 30.3 Å². The van der Waals surface area contributed by atoms with E-state index in [4.69, 9.17) is 22.7 Å². The predicted octanol–water partition coefficient (Wildman–Crippen LogP) is 1.70. The fourth-order valence-electron chi connectivity index (χ4n) is 1.57. The average Bonchev–Trinajstić information content (AvgIpc) is 2.72. The molecule has 0 saturated heterocycles. The summed E-state index contributed by atoms with van der Waals surface area (Å²) in [5, 5.41) is 6.88. The van der Waals surface area contributed by atoms with Crippen molar-refractivity contribution < 1.29 is 9.53 Å². The highest BCUT2D eigenvalue weighted by molar-refractivity contribution is 7.71. The van der Waals surface area contributed by atoms with E-state index < -0.39 is 6.09 Å². The maximum Gasteiger partial charge on any atom is 0.404 e. The molecule has 1 heterocycles. The zero-order chi connectivity index (χ0) is 13.0. The van der Waals surface area contributed by atoms with Gasteiger partial charge >= 0.3 is 6.09 Å². The first-order valence-corrected chi connectivity index (χ1v) is 5.72. The molecule has 94 valence electrons. The van der Waals surface area contributed by atoms with Crippen LogP contribution in [0, 0.1) is 4.77 Å². The number of amides is 1. The summed E-state index contributed by atoms with van der Waals surface area (Å²) in [6.45, 7) is 0.561. The van der Waals surface area contributed by atoms with Gasteiger partial charge in [0.15, 0.2) is 10.6 Å². The van der Waals surface area contributed by atoms with Crippen LogP contribution in [0.2, 0.25) is 0 Å². The second kappa shape index (κ2) is 5.46. The Hall–Kier alpha value is -2.15. The van der Waals surface area contributed by atoms with Crippen LogP contribution in [0.1, 0.15) is 0 Å². The van der Waals surface area contributed by atoms with Crippen molar-refractivity contribution in [1.82, 2.24) is 14.8 Å². The Morgan fingerprint density at radius 2 is 2.17 bits per heavy atom. The van der Waals surface area contributed by atoms with Crippen LogP contribution in [0.4, 0.5) is 4.79 Å². The fourth-order valence-corrected chi connectivity index (χ4v) is 1.79. The van der Waals surface area contributed by atoms with Gasteiger partial charge in [0.2, 0.25) is 0 Å². The minimum absolute atomic E-state index is 0.156. The molecule has 0 radical (unpaired) electrons. The molecular formula is C11H12N4O2S. The molecule has 18 heavy (non-hydrogen) atoms. The van der Waals surface area contributed by atoms with Crippen LogP contribution in [0.3, 0.4) is 0 Å². The standard InChI is InChI=1S/C11H12N4O2S/c12-10(16)17-7-6-15-9(13-14-11(15)18)8-4-2-1-3-5-8/h1-5H,6-7H2,(H2,12,16)(H,14,18). The highest BCUT2D eigenvalue weighted by Crippen LogP contribution is 2.16. The molecule has 6 nitrogen and oxygen atoms in total. The van der Waals surface area contributed by atoms with Crippen molar-refractivity contribution >= 4 is 18.3 Å². The van der Waals surface area contributed by atoms with E-state index in [0.717, 1.165) is 5.56 Å². The molecule has 0 atom stereocenters. The molecule has 1 aromatic heterocycles. The number of nitrogens with zero attached hydrogens (tertiary/aromatic N) is 2. The van der Waals surface area contributed by atoms with Gasteiger partial charge in [-0.2, -0.15) is 5.10 Å². The summed E-state index contributed by atoms with van der Waals surface area (Å²) in [7, 11) is 0. The Bertz CT molecular complexity index is 591. The summed E-state index contributed by atoms with van der Waals surface area (Å²) >= 11 is 5.13. The Morgan fingerprint density at radius 1 is 1.44 bits per heavy atom. The summed E-state index contributed by atoms with van der Waals surface area (Å²) < 4.78 is 6.92. The highest BCUT2D eigenvalue weighted by atomic mass is 32.1. The van der Waals surface area contributed by atoms with Gasteiger partial charge in [0, 0.05) is 5.56 Å². The number of H-pyrrole nitrogens is 1. The third-order valence-electron chi connectivity index (χ3n) is 2.35. The van der Waals surface area contributed by atoms with E-state index >= 15 is 0 Å². The number of aromatic nitrogens is 3. The van der Waals surface area contributed by atoms with Crippen molar-refractivity contribution in [3.05, 3.63) is 35.1 Å². The van der Waals surface area contributed by atoms with Crippen LogP contribution >= 0.6 is 12.2 Å². The van der Waals surface area contributed by atoms with E-state index in [1.54, 1.807) is 4.57 Å². The number of carbonyl (C=O) groups excluding carboxylic acids is 1. The molecule has 0 spiro atoms. The van der Waals surface area contributed by atoms with E-state index in [-0.39, 0.29) is 6.61 Å². The monoisotopic (exact) mass is 264 g/mol. The molecular weight excluding hydrogens is 252 g/mol. The van der Waals surface area contributed by atoms with Gasteiger partial charge in [0.05, 0.1) is 6.54 Å². The minimum Gasteiger partial charge on any atom is -0.448 e. The fraction of sp³-hybridized carbons (Fsp3) is 0.182. The first-order valence-electron chi connectivity index (χ1n) is 5.31. The molecule has 0 aliphatic carbocycles. The van der Waals surface area contributed by atoms with E-state index in [0.29, 0.717) is 17.1 Å². The van der Waals surface area contributed by atoms with Gasteiger partial charge in [-0.05, 0) is 12.2 Å². The third-order valence-corrected chi connectivity index (χ3v) is 2.66. The van der Waals surface area contributed by atoms with E-state index in [1.807, 2.05) is 30.3 Å². The normalized spacial score (nSPS) is 10.2. The van der Waals surface area contributed by atoms with Crippen LogP contribution in [0.15, 0.2) is 30.3 Å². The van der Waals surface area contributed by atoms with Gasteiger partial charge in [0.1, 0.15) is 6.61 Å². The lowest BCUT2D eigenvalue weighted by Crippen LogP contribution is -2.17. The Labute approximate surface area is 108 Å². The second-order valence-corrected chi connectivity index (χ2v) is 3.92. The van der Waals surface area contributed by atoms with Crippen molar-refractivity contribution in [1.29, 1.82) is 0 Å². The molecule has 7 heteroatoms. The largest absolute Gasteiger partial charge is 0.448 e. The van der Waals surface area contributed by atoms with Crippen LogP contribution in [0.5, 0.6) is 0 Å². The number of aromatic amines is 1. The third kappa shape index (κ3) is 2.75. The molecule has 1 aromatic carbocycles. The first-order chi connectivity index (χ1) is 8.68. The quantitative estimate of drug-likeness (QED) is 0.823. The number of nitrogens with two attached hydrogens (primary N) is 1. The summed E-state index contributed by atoms with van der Waals surface area (Å²) in [6.07, 6.45) is -0.800. The number of hydrogen-bond donors (Lipinski definition) is 2. The van der Waals surface area contributed by atoms with E-state index in [2.05, 4.69) is 10.2 Å². The summed E-state index contributed by atoms with van der Waals surface area (Å²) in [5.41, 5.74) is 5.83. The Kier molecular flexibility index (Phi) is 3.73. The maximum absolute atomic E-state index is 10.5. The molecule has 1 amide bonds. The molecule has 3 N–H and O–H groups in total. The Balaban J connectivity index is 2.22. The molecule has 0 saturated carbocycles. The lowest BCUT2D eigenvalue weighted by atomic mass is 10.2. The van der Waals surface area contributed by atoms with Gasteiger partial charge in [-0.25, -0.2) is 4.79 Å². The summed E-state index contributed by atoms with van der Waals surface area (Å²) in [4.78, 5) is 10.5. The van der Waals surface area contributed by atoms with Gasteiger partial charge in [-0.15, -0.1) is 0 Å². The molecule has 0 aliphatic heterocycles. The maximum atomic E-state index is 10.5. The molecule has 0 unspecified atom stereocenters. The van der Waals surface area contributed by atoms with Crippen molar-refractivity contribution in [2.75, 3.05) is 6.61 Å². The number of rotatable bonds is 4. The van der Waals surface area contributed by atoms with Crippen molar-refractivity contribution in [3.8, 4) is 11.4 Å². The molecule has 0 fully saturated rings. The van der Waals surface area contributed by atoms with Gasteiger partial charge in [0.25, 0.3) is 0 Å². The molecule has 0 aliphatic rings. The molecule has 2 rings (SSSR count). The van der Waals surface area contributed by atoms with E-state index in [1.165, 1.54) is 0 Å². The smallest absolute Gasteiger partial charge is 0.404 e. The summed E-state index contributed by atoms with van der Waals surface area (Å²) in [6, 6.07) is 9.60. The van der Waals surface area contributed by atoms with Crippen LogP contribution in [-0.2, 0) is 11.3 Å². The Morgan fingerprint density at radius 3 is 2.83 bits per heavy atom. The predicted molar refractivity (Wildman–Crippen MR) is 68.4 cm³/mol. The van der Waals surface area contributed by atoms with Crippen molar-refractivity contribution in [3.63, 3.8) is 0 Å². The molecule has 0 bridgehead atoms. The van der Waals surface area contributed by atoms with Crippen molar-refractivity contribution in [2.24, 2.45) is 5.73 Å². The lowest BCUT2D eigenvalue weighted by Gasteiger charge is -2.06. The van der Waals surface area contributed by atoms with Crippen LogP contribution in [0.25, 0.3) is 11.4 Å². The lowest BCUT2D eigenvalue weighted by molar-refractivity contribution is 0.152. The summed E-state index contributed by atoms with van der Waals surface area (Å²) in [5.74, 6) is 0.702. The van der Waals surface area contributed by atoms with Crippen LogP contribution in [-0.4, -0.2) is 27.5 Å². The molecule has 2 aromatic rings. The van der Waals surface area contributed by atoms with Gasteiger partial charge < -0.3 is 10.5 Å². The number of nitrogens with one attached hydrogen (secondary N) is 1. The zero-order valence-electron chi connectivity index (χ0n) is 9.50. The van der Waals surface area contributed by atoms with Crippen LogP contribution < -0.4 is 5.73 Å². The van der Waals surface area contributed by atoms with E-state index in [9.17, 15) is 4.79 Å². The second-order valence-electron chi connectivity index (χ2n) is 3.54. The van der Waals surface area contributed by atoms with Gasteiger partial charge in [-0.3, -0.25) is 9.67 Å². The average molecular weight is 264 g/mol. The number of carbonyl (C=O) groups is 1. The number of benzene rings is 1.